The molecule has 1 aliphatic heterocycles. The Kier molecular flexibility index (Phi) is 4.76. The van der Waals surface area contributed by atoms with Crippen molar-refractivity contribution in [3.05, 3.63) is 65.7 Å². The number of β-amino-alcohol motifs (C(OH)–C–C–N with tert-alkyl or cyclic N) is 1. The standard InChI is InChI=1S/C18H17F2NO3/c19-13-7-5-12(6-8-13)16-9-14(22)10-21(16)18(23)11-24-17-4-2-1-3-15(17)20/h1-8,14,16,22H,9-11H2/t14-,16+/m1/s1. The molecule has 1 saturated heterocycles. The molecule has 3 rings (SSSR count). The van der Waals surface area contributed by atoms with Crippen molar-refractivity contribution >= 4 is 5.91 Å². The van der Waals surface area contributed by atoms with Crippen LogP contribution in [0.5, 0.6) is 5.75 Å². The summed E-state index contributed by atoms with van der Waals surface area (Å²) in [7, 11) is 0. The maximum Gasteiger partial charge on any atom is 0.261 e. The molecule has 1 heterocycles. The lowest BCUT2D eigenvalue weighted by molar-refractivity contribution is -0.134. The van der Waals surface area contributed by atoms with Crippen molar-refractivity contribution in [2.24, 2.45) is 0 Å². The lowest BCUT2D eigenvalue weighted by Crippen LogP contribution is -2.35. The fourth-order valence-corrected chi connectivity index (χ4v) is 2.87. The van der Waals surface area contributed by atoms with Gasteiger partial charge in [-0.25, -0.2) is 8.78 Å². The molecule has 0 saturated carbocycles. The maximum atomic E-state index is 13.5. The second-order valence-corrected chi connectivity index (χ2v) is 5.72. The number of para-hydroxylation sites is 1. The third kappa shape index (κ3) is 3.54. The Labute approximate surface area is 138 Å². The van der Waals surface area contributed by atoms with Crippen LogP contribution in [0.4, 0.5) is 8.78 Å². The summed E-state index contributed by atoms with van der Waals surface area (Å²) in [5, 5.41) is 9.90. The Hall–Kier alpha value is -2.47. The van der Waals surface area contributed by atoms with E-state index in [1.165, 1.54) is 35.2 Å². The van der Waals surface area contributed by atoms with E-state index in [1.807, 2.05) is 0 Å². The first-order chi connectivity index (χ1) is 11.5. The minimum absolute atomic E-state index is 0.00364. The lowest BCUT2D eigenvalue weighted by atomic mass is 10.0. The van der Waals surface area contributed by atoms with Gasteiger partial charge in [0.05, 0.1) is 12.1 Å². The van der Waals surface area contributed by atoms with Crippen LogP contribution in [-0.4, -0.2) is 35.2 Å². The molecular formula is C18H17F2NO3. The molecule has 2 aromatic carbocycles. The number of halogens is 2. The summed E-state index contributed by atoms with van der Waals surface area (Å²) < 4.78 is 31.8. The summed E-state index contributed by atoms with van der Waals surface area (Å²) >= 11 is 0. The first-order valence-electron chi connectivity index (χ1n) is 7.65. The fraction of sp³-hybridized carbons (Fsp3) is 0.278. The third-order valence-electron chi connectivity index (χ3n) is 4.04. The van der Waals surface area contributed by atoms with Gasteiger partial charge < -0.3 is 14.7 Å². The van der Waals surface area contributed by atoms with E-state index in [4.69, 9.17) is 4.74 Å². The monoisotopic (exact) mass is 333 g/mol. The normalized spacial score (nSPS) is 20.2. The first kappa shape index (κ1) is 16.4. The van der Waals surface area contributed by atoms with E-state index >= 15 is 0 Å². The van der Waals surface area contributed by atoms with Crippen molar-refractivity contribution in [2.45, 2.75) is 18.6 Å². The smallest absolute Gasteiger partial charge is 0.261 e. The molecule has 0 aromatic heterocycles. The number of aliphatic hydroxyl groups excluding tert-OH is 1. The van der Waals surface area contributed by atoms with Crippen LogP contribution < -0.4 is 4.74 Å². The predicted molar refractivity (Wildman–Crippen MR) is 83.4 cm³/mol. The lowest BCUT2D eigenvalue weighted by Gasteiger charge is -2.24. The molecular weight excluding hydrogens is 316 g/mol. The number of likely N-dealkylation sites (tertiary alicyclic amines) is 1. The largest absolute Gasteiger partial charge is 0.481 e. The van der Waals surface area contributed by atoms with Crippen molar-refractivity contribution in [1.82, 2.24) is 4.90 Å². The number of hydrogen-bond donors (Lipinski definition) is 1. The van der Waals surface area contributed by atoms with Gasteiger partial charge in [0.1, 0.15) is 5.82 Å². The number of nitrogens with zero attached hydrogens (tertiary/aromatic N) is 1. The molecule has 1 N–H and O–H groups in total. The molecule has 1 aliphatic rings. The molecule has 0 unspecified atom stereocenters. The van der Waals surface area contributed by atoms with Gasteiger partial charge in [-0.2, -0.15) is 0 Å². The van der Waals surface area contributed by atoms with Crippen LogP contribution in [0.2, 0.25) is 0 Å². The van der Waals surface area contributed by atoms with E-state index in [0.717, 1.165) is 5.56 Å². The summed E-state index contributed by atoms with van der Waals surface area (Å²) in [4.78, 5) is 13.9. The average Bonchev–Trinajstić information content (AvgIpc) is 2.96. The zero-order chi connectivity index (χ0) is 17.1. The number of carbonyl (C=O) groups excluding carboxylic acids is 1. The van der Waals surface area contributed by atoms with Crippen molar-refractivity contribution in [1.29, 1.82) is 0 Å². The number of hydrogen-bond acceptors (Lipinski definition) is 3. The van der Waals surface area contributed by atoms with Gasteiger partial charge in [-0.3, -0.25) is 4.79 Å². The molecule has 0 spiro atoms. The fourth-order valence-electron chi connectivity index (χ4n) is 2.87. The van der Waals surface area contributed by atoms with Gasteiger partial charge in [0.25, 0.3) is 5.91 Å². The SMILES string of the molecule is O=C(COc1ccccc1F)N1C[C@H](O)C[C@H]1c1ccc(F)cc1. The van der Waals surface area contributed by atoms with Gasteiger partial charge in [0.2, 0.25) is 0 Å². The Bertz CT molecular complexity index is 720. The predicted octanol–water partition coefficient (Wildman–Crippen LogP) is 2.68. The van der Waals surface area contributed by atoms with Crippen molar-refractivity contribution < 1.29 is 23.4 Å². The quantitative estimate of drug-likeness (QED) is 0.936. The summed E-state index contributed by atoms with van der Waals surface area (Å²) in [5.41, 5.74) is 0.743. The van der Waals surface area contributed by atoms with Crippen molar-refractivity contribution in [3.8, 4) is 5.75 Å². The topological polar surface area (TPSA) is 49.8 Å². The molecule has 1 fully saturated rings. The van der Waals surface area contributed by atoms with Crippen LogP contribution in [0.25, 0.3) is 0 Å². The zero-order valence-corrected chi connectivity index (χ0v) is 12.9. The van der Waals surface area contributed by atoms with E-state index in [9.17, 15) is 18.7 Å². The van der Waals surface area contributed by atoms with Gasteiger partial charge >= 0.3 is 0 Å². The molecule has 0 bridgehead atoms. The van der Waals surface area contributed by atoms with Crippen LogP contribution in [-0.2, 0) is 4.79 Å². The molecule has 4 nitrogen and oxygen atoms in total. The Balaban J connectivity index is 1.70. The van der Waals surface area contributed by atoms with E-state index in [-0.39, 0.29) is 36.7 Å². The zero-order valence-electron chi connectivity index (χ0n) is 12.9. The summed E-state index contributed by atoms with van der Waals surface area (Å²) in [5.74, 6) is -1.26. The van der Waals surface area contributed by atoms with Crippen LogP contribution in [0, 0.1) is 11.6 Å². The number of rotatable bonds is 4. The van der Waals surface area contributed by atoms with E-state index < -0.39 is 11.9 Å². The van der Waals surface area contributed by atoms with Gasteiger partial charge in [0, 0.05) is 6.54 Å². The van der Waals surface area contributed by atoms with Gasteiger partial charge in [-0.05, 0) is 36.2 Å². The molecule has 2 aromatic rings. The minimum Gasteiger partial charge on any atom is -0.481 e. The van der Waals surface area contributed by atoms with Gasteiger partial charge in [0.15, 0.2) is 18.2 Å². The highest BCUT2D eigenvalue weighted by Gasteiger charge is 2.35. The molecule has 1 amide bonds. The highest BCUT2D eigenvalue weighted by atomic mass is 19.1. The number of carbonyl (C=O) groups is 1. The molecule has 6 heteroatoms. The number of ether oxygens (including phenoxy) is 1. The number of aliphatic hydroxyl groups is 1. The van der Waals surface area contributed by atoms with E-state index in [0.29, 0.717) is 6.42 Å². The highest BCUT2D eigenvalue weighted by molar-refractivity contribution is 5.78. The van der Waals surface area contributed by atoms with Crippen LogP contribution in [0.15, 0.2) is 48.5 Å². The second-order valence-electron chi connectivity index (χ2n) is 5.72. The first-order valence-corrected chi connectivity index (χ1v) is 7.65. The van der Waals surface area contributed by atoms with E-state index in [1.54, 1.807) is 18.2 Å². The summed E-state index contributed by atoms with van der Waals surface area (Å²) in [6.07, 6.45) is -0.283. The van der Waals surface area contributed by atoms with Crippen molar-refractivity contribution in [2.75, 3.05) is 13.2 Å². The molecule has 2 atom stereocenters. The van der Waals surface area contributed by atoms with Gasteiger partial charge in [-0.1, -0.05) is 24.3 Å². The minimum atomic E-state index is -0.655. The molecule has 24 heavy (non-hydrogen) atoms. The Morgan fingerprint density at radius 2 is 1.88 bits per heavy atom. The van der Waals surface area contributed by atoms with Crippen LogP contribution in [0.1, 0.15) is 18.0 Å². The average molecular weight is 333 g/mol. The summed E-state index contributed by atoms with van der Waals surface area (Å²) in [6.45, 7) is -0.160. The Morgan fingerprint density at radius 1 is 1.17 bits per heavy atom. The van der Waals surface area contributed by atoms with Crippen LogP contribution >= 0.6 is 0 Å². The van der Waals surface area contributed by atoms with Gasteiger partial charge in [-0.15, -0.1) is 0 Å². The molecule has 0 aliphatic carbocycles. The van der Waals surface area contributed by atoms with E-state index in [2.05, 4.69) is 0 Å². The summed E-state index contributed by atoms with van der Waals surface area (Å²) in [6, 6.07) is 11.3. The maximum absolute atomic E-state index is 13.5. The molecule has 126 valence electrons. The Morgan fingerprint density at radius 3 is 2.58 bits per heavy atom. The van der Waals surface area contributed by atoms with Crippen molar-refractivity contribution in [3.63, 3.8) is 0 Å². The number of benzene rings is 2. The van der Waals surface area contributed by atoms with Crippen LogP contribution in [0.3, 0.4) is 0 Å². The number of amides is 1. The second kappa shape index (κ2) is 6.97. The molecule has 0 radical (unpaired) electrons. The third-order valence-corrected chi connectivity index (χ3v) is 4.04. The highest BCUT2D eigenvalue weighted by Crippen LogP contribution is 2.32.